The molecule has 2 fully saturated rings. The highest BCUT2D eigenvalue weighted by atomic mass is 28.4. The third kappa shape index (κ3) is 5.36. The highest BCUT2D eigenvalue weighted by molar-refractivity contribution is 6.74. The predicted octanol–water partition coefficient (Wildman–Crippen LogP) is 6.24. The molecule has 0 aromatic rings. The summed E-state index contributed by atoms with van der Waals surface area (Å²) in [5.41, 5.74) is 0.251. The van der Waals surface area contributed by atoms with Crippen LogP contribution < -0.4 is 0 Å². The monoisotopic (exact) mass is 498 g/mol. The highest BCUT2D eigenvalue weighted by Gasteiger charge is 2.58. The summed E-state index contributed by atoms with van der Waals surface area (Å²) < 4.78 is 27.0. The first kappa shape index (κ1) is 27.1. The number of rotatable bonds is 5. The van der Waals surface area contributed by atoms with Crippen LogP contribution in [0.25, 0.3) is 0 Å². The standard InChI is InChI=1S/C25H46O6Si2/c1-23(2,3)32(7,8)30-19-17(22(26)27)16-18-20(21(19)31-33(9,10)24(4,5)6)29-25(28-18)14-12-11-13-15-25/h16,18-21H,11-15H2,1-10H3,(H,26,27)/t18-,19-,20-,21-/m1/s1. The van der Waals surface area contributed by atoms with Crippen molar-refractivity contribution in [1.82, 2.24) is 0 Å². The van der Waals surface area contributed by atoms with Crippen molar-refractivity contribution in [2.45, 2.75) is 140 Å². The second kappa shape index (κ2) is 8.85. The van der Waals surface area contributed by atoms with Crippen molar-refractivity contribution in [3.05, 3.63) is 11.6 Å². The average Bonchev–Trinajstić information content (AvgIpc) is 2.99. The number of hydrogen-bond acceptors (Lipinski definition) is 5. The summed E-state index contributed by atoms with van der Waals surface area (Å²) in [7, 11) is -4.56. The number of fused-ring (bicyclic) bond motifs is 1. The molecule has 0 bridgehead atoms. The van der Waals surface area contributed by atoms with Crippen molar-refractivity contribution >= 4 is 22.6 Å². The molecule has 0 aromatic carbocycles. The molecule has 3 rings (SSSR count). The fourth-order valence-corrected chi connectivity index (χ4v) is 6.99. The molecule has 8 heteroatoms. The molecule has 0 radical (unpaired) electrons. The van der Waals surface area contributed by atoms with Gasteiger partial charge in [-0.3, -0.25) is 0 Å². The molecule has 0 aromatic heterocycles. The van der Waals surface area contributed by atoms with E-state index in [1.165, 1.54) is 6.42 Å². The van der Waals surface area contributed by atoms with Gasteiger partial charge in [-0.2, -0.15) is 0 Å². The largest absolute Gasteiger partial charge is 0.478 e. The molecule has 2 aliphatic carbocycles. The fraction of sp³-hybridized carbons (Fsp3) is 0.880. The summed E-state index contributed by atoms with van der Waals surface area (Å²) in [4.78, 5) is 12.5. The second-order valence-electron chi connectivity index (χ2n) is 13.2. The van der Waals surface area contributed by atoms with Crippen LogP contribution in [0.15, 0.2) is 11.6 Å². The first-order chi connectivity index (χ1) is 14.9. The van der Waals surface area contributed by atoms with Gasteiger partial charge in [0.05, 0.1) is 5.57 Å². The summed E-state index contributed by atoms with van der Waals surface area (Å²) >= 11 is 0. The normalized spacial score (nSPS) is 30.8. The van der Waals surface area contributed by atoms with Gasteiger partial charge in [-0.25, -0.2) is 4.79 Å². The molecule has 190 valence electrons. The third-order valence-electron chi connectivity index (χ3n) is 8.63. The molecule has 33 heavy (non-hydrogen) atoms. The lowest BCUT2D eigenvalue weighted by molar-refractivity contribution is -0.199. The zero-order valence-electron chi connectivity index (χ0n) is 22.4. The Morgan fingerprint density at radius 1 is 0.939 bits per heavy atom. The Morgan fingerprint density at radius 3 is 1.94 bits per heavy atom. The van der Waals surface area contributed by atoms with Crippen LogP contribution in [-0.2, 0) is 23.1 Å². The van der Waals surface area contributed by atoms with Crippen molar-refractivity contribution in [1.29, 1.82) is 0 Å². The van der Waals surface area contributed by atoms with Crippen LogP contribution >= 0.6 is 0 Å². The van der Waals surface area contributed by atoms with Gasteiger partial charge in [0, 0.05) is 12.8 Å². The smallest absolute Gasteiger partial charge is 0.334 e. The van der Waals surface area contributed by atoms with Crippen LogP contribution in [0.1, 0.15) is 73.6 Å². The second-order valence-corrected chi connectivity index (χ2v) is 22.7. The van der Waals surface area contributed by atoms with Crippen molar-refractivity contribution in [2.75, 3.05) is 0 Å². The van der Waals surface area contributed by atoms with E-state index in [0.29, 0.717) is 0 Å². The quantitative estimate of drug-likeness (QED) is 0.453. The summed E-state index contributed by atoms with van der Waals surface area (Å²) in [5.74, 6) is -1.59. The summed E-state index contributed by atoms with van der Waals surface area (Å²) in [5, 5.41) is 10.1. The zero-order chi connectivity index (χ0) is 25.0. The molecule has 1 saturated heterocycles. The SMILES string of the molecule is CC(C)(C)[Si](C)(C)O[C@H]1[C@@H]2OC3(CCCCC3)O[C@@H]2C=C(C(=O)O)[C@H]1O[Si](C)(C)C(C)(C)C. The number of hydrogen-bond donors (Lipinski definition) is 1. The van der Waals surface area contributed by atoms with E-state index in [1.807, 2.05) is 0 Å². The number of carbonyl (C=O) groups is 1. The predicted molar refractivity (Wildman–Crippen MR) is 135 cm³/mol. The Bertz CT molecular complexity index is 771. The zero-order valence-corrected chi connectivity index (χ0v) is 24.4. The Kier molecular flexibility index (Phi) is 7.26. The Balaban J connectivity index is 2.06. The van der Waals surface area contributed by atoms with Crippen molar-refractivity contribution < 1.29 is 28.2 Å². The summed E-state index contributed by atoms with van der Waals surface area (Å²) in [6, 6.07) is 0. The van der Waals surface area contributed by atoms with E-state index in [1.54, 1.807) is 6.08 Å². The fourth-order valence-electron chi connectivity index (χ4n) is 4.45. The molecule has 0 unspecified atom stereocenters. The molecule has 1 aliphatic heterocycles. The average molecular weight is 499 g/mol. The molecule has 3 aliphatic rings. The molecule has 4 atom stereocenters. The highest BCUT2D eigenvalue weighted by Crippen LogP contribution is 2.49. The molecule has 1 saturated carbocycles. The lowest BCUT2D eigenvalue weighted by Crippen LogP contribution is -2.59. The van der Waals surface area contributed by atoms with Gasteiger partial charge in [-0.05, 0) is 55.2 Å². The minimum Gasteiger partial charge on any atom is -0.478 e. The van der Waals surface area contributed by atoms with Crippen LogP contribution in [-0.4, -0.2) is 57.9 Å². The maximum Gasteiger partial charge on any atom is 0.334 e. The van der Waals surface area contributed by atoms with E-state index in [0.717, 1.165) is 25.7 Å². The van der Waals surface area contributed by atoms with E-state index < -0.39 is 46.7 Å². The van der Waals surface area contributed by atoms with Gasteiger partial charge >= 0.3 is 5.97 Å². The maximum atomic E-state index is 12.5. The summed E-state index contributed by atoms with van der Waals surface area (Å²) in [6.45, 7) is 21.9. The number of carboxylic acid groups (broad SMARTS) is 1. The van der Waals surface area contributed by atoms with Crippen LogP contribution in [0.5, 0.6) is 0 Å². The number of carboxylic acids is 1. The topological polar surface area (TPSA) is 74.2 Å². The molecule has 0 amide bonds. The third-order valence-corrected chi connectivity index (χ3v) is 17.6. The molecular formula is C25H46O6Si2. The molecule has 1 N–H and O–H groups in total. The van der Waals surface area contributed by atoms with Gasteiger partial charge in [0.2, 0.25) is 0 Å². The van der Waals surface area contributed by atoms with Crippen LogP contribution in [0.2, 0.25) is 36.3 Å². The van der Waals surface area contributed by atoms with Gasteiger partial charge in [-0.15, -0.1) is 0 Å². The van der Waals surface area contributed by atoms with E-state index in [9.17, 15) is 9.90 Å². The minimum absolute atomic E-state index is 0.0312. The van der Waals surface area contributed by atoms with Gasteiger partial charge in [0.1, 0.15) is 24.4 Å². The van der Waals surface area contributed by atoms with Crippen LogP contribution in [0.4, 0.5) is 0 Å². The first-order valence-electron chi connectivity index (χ1n) is 12.6. The van der Waals surface area contributed by atoms with E-state index >= 15 is 0 Å². The van der Waals surface area contributed by atoms with Crippen LogP contribution in [0.3, 0.4) is 0 Å². The molecule has 6 nitrogen and oxygen atoms in total. The van der Waals surface area contributed by atoms with Gasteiger partial charge in [0.25, 0.3) is 0 Å². The molecule has 1 spiro atoms. The van der Waals surface area contributed by atoms with E-state index in [4.69, 9.17) is 18.3 Å². The van der Waals surface area contributed by atoms with Crippen molar-refractivity contribution in [3.8, 4) is 0 Å². The van der Waals surface area contributed by atoms with Gasteiger partial charge < -0.3 is 23.4 Å². The lowest BCUT2D eigenvalue weighted by atomic mass is 9.89. The Hall–Kier alpha value is -0.516. The van der Waals surface area contributed by atoms with E-state index in [-0.39, 0.29) is 21.8 Å². The minimum atomic E-state index is -2.30. The van der Waals surface area contributed by atoms with Crippen LogP contribution in [0, 0.1) is 0 Å². The number of aliphatic carboxylic acids is 1. The lowest BCUT2D eigenvalue weighted by Gasteiger charge is -2.48. The van der Waals surface area contributed by atoms with Gasteiger partial charge in [0.15, 0.2) is 22.4 Å². The molecular weight excluding hydrogens is 452 g/mol. The Labute approximate surface area is 202 Å². The van der Waals surface area contributed by atoms with Crippen molar-refractivity contribution in [2.24, 2.45) is 0 Å². The number of ether oxygens (including phenoxy) is 2. The van der Waals surface area contributed by atoms with Crippen molar-refractivity contribution in [3.63, 3.8) is 0 Å². The van der Waals surface area contributed by atoms with E-state index in [2.05, 4.69) is 67.7 Å². The van der Waals surface area contributed by atoms with Gasteiger partial charge in [-0.1, -0.05) is 48.0 Å². The maximum absolute atomic E-state index is 12.5. The summed E-state index contributed by atoms with van der Waals surface area (Å²) in [6.07, 6.45) is 4.76. The first-order valence-corrected chi connectivity index (χ1v) is 18.4. The molecule has 1 heterocycles. The Morgan fingerprint density at radius 2 is 1.45 bits per heavy atom.